The molecule has 1 atom stereocenters. The van der Waals surface area contributed by atoms with Crippen LogP contribution in [0.4, 0.5) is 14.9 Å². The van der Waals surface area contributed by atoms with Gasteiger partial charge in [0.1, 0.15) is 17.4 Å². The normalized spacial score (nSPS) is 15.9. The van der Waals surface area contributed by atoms with Gasteiger partial charge in [-0.05, 0) is 60.7 Å². The Hall–Kier alpha value is -3.67. The molecule has 0 spiro atoms. The molecule has 32 heavy (non-hydrogen) atoms. The van der Waals surface area contributed by atoms with Gasteiger partial charge in [0.25, 0.3) is 0 Å². The number of rotatable bonds is 4. The number of fused-ring (bicyclic) bond motifs is 1. The summed E-state index contributed by atoms with van der Waals surface area (Å²) in [5, 5.41) is 2.98. The number of hydrogen-bond donors (Lipinski definition) is 1. The van der Waals surface area contributed by atoms with Crippen LogP contribution in [-0.2, 0) is 6.42 Å². The molecule has 0 bridgehead atoms. The molecule has 2 heterocycles. The maximum atomic E-state index is 14.2. The van der Waals surface area contributed by atoms with Gasteiger partial charge in [0.05, 0.1) is 0 Å². The van der Waals surface area contributed by atoms with Crippen molar-refractivity contribution in [1.29, 1.82) is 0 Å². The molecule has 1 N–H and O–H groups in total. The second kappa shape index (κ2) is 8.46. The monoisotopic (exact) mass is 429 g/mol. The van der Waals surface area contributed by atoms with Crippen molar-refractivity contribution in [2.45, 2.75) is 32.2 Å². The number of carbonyl (C=O) groups excluding carboxylic acids is 1. The van der Waals surface area contributed by atoms with Crippen LogP contribution in [0.1, 0.15) is 37.3 Å². The van der Waals surface area contributed by atoms with E-state index in [1.807, 2.05) is 48.5 Å². The second-order valence-electron chi connectivity index (χ2n) is 8.05. The Morgan fingerprint density at radius 2 is 1.97 bits per heavy atom. The van der Waals surface area contributed by atoms with Crippen LogP contribution in [0.25, 0.3) is 22.2 Å². The molecule has 0 aliphatic carbocycles. The van der Waals surface area contributed by atoms with E-state index in [0.29, 0.717) is 29.1 Å². The van der Waals surface area contributed by atoms with Gasteiger partial charge in [0.2, 0.25) is 5.89 Å². The minimum absolute atomic E-state index is 0.161. The number of amides is 2. The lowest BCUT2D eigenvalue weighted by Crippen LogP contribution is -2.34. The van der Waals surface area contributed by atoms with Gasteiger partial charge in [-0.25, -0.2) is 14.2 Å². The molecule has 1 aliphatic heterocycles. The predicted octanol–water partition coefficient (Wildman–Crippen LogP) is 6.57. The molecule has 1 fully saturated rings. The third kappa shape index (κ3) is 3.84. The first kappa shape index (κ1) is 20.2. The summed E-state index contributed by atoms with van der Waals surface area (Å²) in [6.45, 7) is 2.74. The molecular weight excluding hydrogens is 405 g/mol. The zero-order valence-electron chi connectivity index (χ0n) is 17.8. The summed E-state index contributed by atoms with van der Waals surface area (Å²) in [5.74, 6) is 0.237. The lowest BCUT2D eigenvalue weighted by molar-refractivity contribution is 0.199. The third-order valence-corrected chi connectivity index (χ3v) is 6.00. The number of aromatic nitrogens is 1. The summed E-state index contributed by atoms with van der Waals surface area (Å²) in [6.07, 6.45) is 2.63. The SMILES string of the molecule is CCc1ccc(NC(=O)N2CCC[C@H]2c2nc3cc(-c4ccccc4F)ccc3o2)cc1. The van der Waals surface area contributed by atoms with E-state index < -0.39 is 0 Å². The second-order valence-corrected chi connectivity index (χ2v) is 8.05. The quantitative estimate of drug-likeness (QED) is 0.399. The number of aryl methyl sites for hydroxylation is 1. The average molecular weight is 429 g/mol. The van der Waals surface area contributed by atoms with E-state index in [4.69, 9.17) is 4.42 Å². The van der Waals surface area contributed by atoms with E-state index >= 15 is 0 Å². The summed E-state index contributed by atoms with van der Waals surface area (Å²) in [6, 6.07) is 19.6. The highest BCUT2D eigenvalue weighted by Crippen LogP contribution is 2.35. The molecule has 5 rings (SSSR count). The zero-order chi connectivity index (χ0) is 22.1. The highest BCUT2D eigenvalue weighted by atomic mass is 19.1. The smallest absolute Gasteiger partial charge is 0.322 e. The summed E-state index contributed by atoms with van der Waals surface area (Å²) in [7, 11) is 0. The Bertz CT molecular complexity index is 1270. The molecule has 5 nitrogen and oxygen atoms in total. The molecule has 3 aromatic carbocycles. The summed E-state index contributed by atoms with van der Waals surface area (Å²) in [5.41, 5.74) is 4.54. The first-order valence-electron chi connectivity index (χ1n) is 10.9. The Kier molecular flexibility index (Phi) is 5.35. The maximum absolute atomic E-state index is 14.2. The highest BCUT2D eigenvalue weighted by molar-refractivity contribution is 5.90. The van der Waals surface area contributed by atoms with E-state index in [9.17, 15) is 9.18 Å². The molecule has 0 radical (unpaired) electrons. The van der Waals surface area contributed by atoms with Crippen molar-refractivity contribution in [2.75, 3.05) is 11.9 Å². The fraction of sp³-hybridized carbons (Fsp3) is 0.231. The van der Waals surface area contributed by atoms with Crippen molar-refractivity contribution >= 4 is 22.8 Å². The van der Waals surface area contributed by atoms with Crippen molar-refractivity contribution in [1.82, 2.24) is 9.88 Å². The molecule has 0 unspecified atom stereocenters. The Morgan fingerprint density at radius 1 is 1.16 bits per heavy atom. The number of nitrogens with zero attached hydrogens (tertiary/aromatic N) is 2. The molecule has 0 saturated carbocycles. The van der Waals surface area contributed by atoms with Gasteiger partial charge in [0.15, 0.2) is 5.58 Å². The van der Waals surface area contributed by atoms with E-state index in [1.165, 1.54) is 11.6 Å². The number of anilines is 1. The predicted molar refractivity (Wildman–Crippen MR) is 123 cm³/mol. The zero-order valence-corrected chi connectivity index (χ0v) is 17.8. The standard InChI is InChI=1S/C26H24FN3O2/c1-2-17-9-12-19(13-10-17)28-26(31)30-15-5-8-23(30)25-29-22-16-18(11-14-24(22)32-25)20-6-3-4-7-21(20)27/h3-4,6-7,9-14,16,23H,2,5,8,15H2,1H3,(H,28,31)/t23-/m0/s1. The third-order valence-electron chi connectivity index (χ3n) is 6.00. The molecule has 1 aliphatic rings. The van der Waals surface area contributed by atoms with E-state index in [2.05, 4.69) is 17.2 Å². The van der Waals surface area contributed by atoms with Crippen molar-refractivity contribution in [3.8, 4) is 11.1 Å². The van der Waals surface area contributed by atoms with Gasteiger partial charge in [-0.1, -0.05) is 43.3 Å². The molecule has 2 amide bonds. The Labute approximate surface area is 185 Å². The fourth-order valence-electron chi connectivity index (χ4n) is 4.24. The summed E-state index contributed by atoms with van der Waals surface area (Å²) in [4.78, 5) is 19.4. The highest BCUT2D eigenvalue weighted by Gasteiger charge is 2.33. The number of benzene rings is 3. The Balaban J connectivity index is 1.38. The number of urea groups is 1. The minimum Gasteiger partial charge on any atom is -0.438 e. The van der Waals surface area contributed by atoms with Gasteiger partial charge >= 0.3 is 6.03 Å². The number of nitrogens with one attached hydrogen (secondary N) is 1. The minimum atomic E-state index is -0.277. The summed E-state index contributed by atoms with van der Waals surface area (Å²) >= 11 is 0. The van der Waals surface area contributed by atoms with Crippen LogP contribution < -0.4 is 5.32 Å². The van der Waals surface area contributed by atoms with Crippen LogP contribution in [-0.4, -0.2) is 22.5 Å². The lowest BCUT2D eigenvalue weighted by atomic mass is 10.0. The molecular formula is C26H24FN3O2. The fourth-order valence-corrected chi connectivity index (χ4v) is 4.24. The number of oxazole rings is 1. The number of hydrogen-bond acceptors (Lipinski definition) is 3. The van der Waals surface area contributed by atoms with E-state index in [1.54, 1.807) is 17.0 Å². The molecule has 1 saturated heterocycles. The van der Waals surface area contributed by atoms with Crippen molar-refractivity contribution in [3.63, 3.8) is 0 Å². The van der Waals surface area contributed by atoms with Crippen molar-refractivity contribution in [3.05, 3.63) is 84.0 Å². The van der Waals surface area contributed by atoms with Crippen LogP contribution in [0.5, 0.6) is 0 Å². The van der Waals surface area contributed by atoms with Crippen LogP contribution in [0, 0.1) is 5.82 Å². The van der Waals surface area contributed by atoms with Gasteiger partial charge in [-0.2, -0.15) is 0 Å². The lowest BCUT2D eigenvalue weighted by Gasteiger charge is -2.22. The molecule has 4 aromatic rings. The van der Waals surface area contributed by atoms with Crippen LogP contribution in [0.3, 0.4) is 0 Å². The first-order chi connectivity index (χ1) is 15.6. The van der Waals surface area contributed by atoms with Crippen LogP contribution >= 0.6 is 0 Å². The van der Waals surface area contributed by atoms with E-state index in [0.717, 1.165) is 30.5 Å². The van der Waals surface area contributed by atoms with Crippen LogP contribution in [0.2, 0.25) is 0 Å². The number of halogens is 1. The largest absolute Gasteiger partial charge is 0.438 e. The maximum Gasteiger partial charge on any atom is 0.322 e. The van der Waals surface area contributed by atoms with Crippen LogP contribution in [0.15, 0.2) is 71.1 Å². The van der Waals surface area contributed by atoms with E-state index in [-0.39, 0.29) is 17.9 Å². The topological polar surface area (TPSA) is 58.4 Å². The first-order valence-corrected chi connectivity index (χ1v) is 10.9. The van der Waals surface area contributed by atoms with Gasteiger partial charge in [0, 0.05) is 17.8 Å². The van der Waals surface area contributed by atoms with Gasteiger partial charge in [-0.3, -0.25) is 0 Å². The Morgan fingerprint density at radius 3 is 2.75 bits per heavy atom. The van der Waals surface area contributed by atoms with Gasteiger partial charge < -0.3 is 14.6 Å². The number of likely N-dealkylation sites (tertiary alicyclic amines) is 1. The average Bonchev–Trinajstić information content (AvgIpc) is 3.46. The van der Waals surface area contributed by atoms with Gasteiger partial charge in [-0.15, -0.1) is 0 Å². The summed E-state index contributed by atoms with van der Waals surface area (Å²) < 4.78 is 20.2. The molecule has 1 aromatic heterocycles. The molecule has 6 heteroatoms. The van der Waals surface area contributed by atoms with Crippen molar-refractivity contribution in [2.24, 2.45) is 0 Å². The van der Waals surface area contributed by atoms with Crippen molar-refractivity contribution < 1.29 is 13.6 Å². The number of carbonyl (C=O) groups is 1. The molecule has 162 valence electrons.